The normalized spacial score (nSPS) is 23.6. The lowest BCUT2D eigenvalue weighted by atomic mass is 9.94. The quantitative estimate of drug-likeness (QED) is 0.615. The molecule has 0 saturated carbocycles. The topological polar surface area (TPSA) is 62.2 Å². The maximum atomic E-state index is 12.9. The van der Waals surface area contributed by atoms with Crippen molar-refractivity contribution < 1.29 is 4.79 Å². The molecule has 5 rings (SSSR count). The van der Waals surface area contributed by atoms with Gasteiger partial charge in [-0.05, 0) is 25.2 Å². The zero-order valence-corrected chi connectivity index (χ0v) is 15.1. The van der Waals surface area contributed by atoms with Crippen molar-refractivity contribution in [3.05, 3.63) is 28.8 Å². The molecule has 24 heavy (non-hydrogen) atoms. The predicted octanol–water partition coefficient (Wildman–Crippen LogP) is 2.28. The average Bonchev–Trinajstić information content (AvgIpc) is 2.98. The van der Waals surface area contributed by atoms with Crippen molar-refractivity contribution in [2.45, 2.75) is 30.6 Å². The average molecular weight is 361 g/mol. The van der Waals surface area contributed by atoms with Crippen LogP contribution in [0.25, 0.3) is 0 Å². The lowest BCUT2D eigenvalue weighted by molar-refractivity contribution is -0.140. The summed E-state index contributed by atoms with van der Waals surface area (Å²) in [5.41, 5.74) is 2.81. The fourth-order valence-corrected chi connectivity index (χ4v) is 4.43. The number of anilines is 1. The van der Waals surface area contributed by atoms with Crippen molar-refractivity contribution in [3.8, 4) is 0 Å². The van der Waals surface area contributed by atoms with E-state index >= 15 is 0 Å². The van der Waals surface area contributed by atoms with Crippen LogP contribution in [0.1, 0.15) is 18.5 Å². The fraction of sp³-hybridized carbons (Fsp3) is 0.500. The van der Waals surface area contributed by atoms with E-state index in [0.29, 0.717) is 6.54 Å². The molecule has 1 amide bonds. The lowest BCUT2D eigenvalue weighted by Crippen LogP contribution is -2.47. The third kappa shape index (κ3) is 3.00. The highest BCUT2D eigenvalue weighted by Crippen LogP contribution is 2.32. The second-order valence-electron chi connectivity index (χ2n) is 6.18. The number of hydrogen-bond donors (Lipinski definition) is 0. The maximum absolute atomic E-state index is 12.9. The molecule has 3 aliphatic heterocycles. The van der Waals surface area contributed by atoms with Gasteiger partial charge >= 0.3 is 0 Å². The SMILES string of the molecule is CSc1nccc(N2C[C@@H]3CC[C@H](C2)N(Cc2cscn2)C3=O)n1. The van der Waals surface area contributed by atoms with Crippen molar-refractivity contribution in [1.82, 2.24) is 19.9 Å². The molecule has 2 aromatic heterocycles. The van der Waals surface area contributed by atoms with Crippen LogP contribution < -0.4 is 4.90 Å². The minimum absolute atomic E-state index is 0.0510. The predicted molar refractivity (Wildman–Crippen MR) is 95.2 cm³/mol. The number of fused-ring (bicyclic) bond motifs is 4. The zero-order chi connectivity index (χ0) is 16.5. The van der Waals surface area contributed by atoms with E-state index in [0.717, 1.165) is 42.6 Å². The summed E-state index contributed by atoms with van der Waals surface area (Å²) >= 11 is 3.12. The van der Waals surface area contributed by atoms with Gasteiger partial charge in [-0.15, -0.1) is 11.3 Å². The van der Waals surface area contributed by atoms with Crippen LogP contribution in [-0.2, 0) is 11.3 Å². The minimum Gasteiger partial charge on any atom is -0.354 e. The molecule has 2 bridgehead atoms. The molecule has 2 atom stereocenters. The molecule has 0 aliphatic carbocycles. The third-order valence-corrected chi connectivity index (χ3v) is 5.93. The fourth-order valence-electron chi connectivity index (χ4n) is 3.53. The Bertz CT molecular complexity index is 723. The molecule has 3 saturated heterocycles. The molecular formula is C16H19N5OS2. The van der Waals surface area contributed by atoms with E-state index in [-0.39, 0.29) is 17.9 Å². The largest absolute Gasteiger partial charge is 0.354 e. The molecule has 6 nitrogen and oxygen atoms in total. The number of carbonyl (C=O) groups excluding carboxylic acids is 1. The molecule has 0 radical (unpaired) electrons. The van der Waals surface area contributed by atoms with Crippen LogP contribution in [0.3, 0.4) is 0 Å². The molecule has 3 fully saturated rings. The monoisotopic (exact) mass is 361 g/mol. The van der Waals surface area contributed by atoms with Crippen LogP contribution in [0.5, 0.6) is 0 Å². The summed E-state index contributed by atoms with van der Waals surface area (Å²) in [5, 5.41) is 2.80. The van der Waals surface area contributed by atoms with Crippen LogP contribution in [0, 0.1) is 5.92 Å². The number of aromatic nitrogens is 3. The van der Waals surface area contributed by atoms with Gasteiger partial charge in [0.1, 0.15) is 5.82 Å². The van der Waals surface area contributed by atoms with Crippen molar-refractivity contribution in [1.29, 1.82) is 0 Å². The van der Waals surface area contributed by atoms with E-state index in [9.17, 15) is 4.79 Å². The highest BCUT2D eigenvalue weighted by molar-refractivity contribution is 7.98. The lowest BCUT2D eigenvalue weighted by Gasteiger charge is -2.35. The Morgan fingerprint density at radius 1 is 1.33 bits per heavy atom. The molecule has 2 aromatic rings. The van der Waals surface area contributed by atoms with E-state index in [1.807, 2.05) is 28.1 Å². The van der Waals surface area contributed by atoms with Gasteiger partial charge in [0.25, 0.3) is 0 Å². The molecule has 3 aliphatic rings. The Morgan fingerprint density at radius 2 is 2.25 bits per heavy atom. The van der Waals surface area contributed by atoms with Gasteiger partial charge < -0.3 is 9.80 Å². The summed E-state index contributed by atoms with van der Waals surface area (Å²) in [4.78, 5) is 30.4. The van der Waals surface area contributed by atoms with E-state index in [2.05, 4.69) is 19.9 Å². The summed E-state index contributed by atoms with van der Waals surface area (Å²) in [6, 6.07) is 2.17. The number of thiazole rings is 1. The molecule has 0 spiro atoms. The van der Waals surface area contributed by atoms with Gasteiger partial charge in [0.05, 0.1) is 23.7 Å². The number of thioether (sulfide) groups is 1. The van der Waals surface area contributed by atoms with Gasteiger partial charge in [0, 0.05) is 30.7 Å². The van der Waals surface area contributed by atoms with Gasteiger partial charge in [-0.3, -0.25) is 4.79 Å². The molecule has 8 heteroatoms. The summed E-state index contributed by atoms with van der Waals surface area (Å²) in [6.07, 6.45) is 5.80. The second kappa shape index (κ2) is 6.68. The smallest absolute Gasteiger partial charge is 0.228 e. The molecule has 0 unspecified atom stereocenters. The highest BCUT2D eigenvalue weighted by Gasteiger charge is 2.41. The van der Waals surface area contributed by atoms with Crippen LogP contribution in [-0.4, -0.2) is 51.1 Å². The van der Waals surface area contributed by atoms with E-state index in [1.165, 1.54) is 11.8 Å². The second-order valence-corrected chi connectivity index (χ2v) is 7.67. The van der Waals surface area contributed by atoms with E-state index < -0.39 is 0 Å². The van der Waals surface area contributed by atoms with Crippen molar-refractivity contribution >= 4 is 34.8 Å². The Kier molecular flexibility index (Phi) is 4.41. The highest BCUT2D eigenvalue weighted by atomic mass is 32.2. The first-order valence-electron chi connectivity index (χ1n) is 8.04. The Balaban J connectivity index is 1.58. The van der Waals surface area contributed by atoms with E-state index in [4.69, 9.17) is 0 Å². The van der Waals surface area contributed by atoms with Crippen LogP contribution in [0.4, 0.5) is 5.82 Å². The standard InChI is InChI=1S/C16H19N5OS2/c1-23-16-17-5-4-14(19-16)20-6-11-2-3-13(8-20)21(15(11)22)7-12-9-24-10-18-12/h4-5,9-11,13H,2-3,6-8H2,1H3/t11-,13+/m0/s1. The van der Waals surface area contributed by atoms with Crippen molar-refractivity contribution in [3.63, 3.8) is 0 Å². The van der Waals surface area contributed by atoms with Crippen molar-refractivity contribution in [2.75, 3.05) is 24.2 Å². The molecule has 5 heterocycles. The first-order valence-corrected chi connectivity index (χ1v) is 10.2. The third-order valence-electron chi connectivity index (χ3n) is 4.73. The molecule has 0 aromatic carbocycles. The van der Waals surface area contributed by atoms with Gasteiger partial charge in [-0.2, -0.15) is 0 Å². The summed E-state index contributed by atoms with van der Waals surface area (Å²) in [5.74, 6) is 1.24. The van der Waals surface area contributed by atoms with Crippen LogP contribution >= 0.6 is 23.1 Å². The molecule has 126 valence electrons. The Labute approximate surface area is 149 Å². The number of amides is 1. The number of rotatable bonds is 4. The minimum atomic E-state index is 0.0510. The zero-order valence-electron chi connectivity index (χ0n) is 13.5. The first-order chi connectivity index (χ1) is 11.7. The van der Waals surface area contributed by atoms with Gasteiger partial charge in [-0.25, -0.2) is 15.0 Å². The van der Waals surface area contributed by atoms with Crippen LogP contribution in [0.2, 0.25) is 0 Å². The summed E-state index contributed by atoms with van der Waals surface area (Å²) < 4.78 is 0. The Hall–Kier alpha value is -1.67. The molecular weight excluding hydrogens is 342 g/mol. The van der Waals surface area contributed by atoms with Crippen LogP contribution in [0.15, 0.2) is 28.3 Å². The summed E-state index contributed by atoms with van der Waals surface area (Å²) in [6.45, 7) is 2.20. The first kappa shape index (κ1) is 15.8. The molecule has 0 N–H and O–H groups in total. The van der Waals surface area contributed by atoms with Gasteiger partial charge in [0.2, 0.25) is 5.91 Å². The number of hydrogen-bond acceptors (Lipinski definition) is 7. The van der Waals surface area contributed by atoms with Gasteiger partial charge in [-0.1, -0.05) is 11.8 Å². The van der Waals surface area contributed by atoms with Crippen molar-refractivity contribution in [2.24, 2.45) is 5.92 Å². The van der Waals surface area contributed by atoms with Gasteiger partial charge in [0.15, 0.2) is 5.16 Å². The Morgan fingerprint density at radius 3 is 3.04 bits per heavy atom. The summed E-state index contributed by atoms with van der Waals surface area (Å²) in [7, 11) is 0. The number of piperidine rings is 1. The maximum Gasteiger partial charge on any atom is 0.228 e. The number of nitrogens with zero attached hydrogens (tertiary/aromatic N) is 5. The number of carbonyl (C=O) groups is 1. The van der Waals surface area contributed by atoms with E-state index in [1.54, 1.807) is 17.5 Å².